The number of ether oxygens (including phenoxy) is 2. The topological polar surface area (TPSA) is 121 Å². The lowest BCUT2D eigenvalue weighted by atomic mass is 10.1. The molecule has 3 N–H and O–H groups in total. The standard InChI is InChI=1S/C19H18BrNO6.CH5N/c1-11-17(20)18(24)16(19(25)21(11)2)14(22)8-7-12-5-4-6-13(9-12)27-10-15(23)26-3;1-2/h4-9,24H,10H2,1-3H3;2H2,1H3/b8-7+;. The zero-order valence-electron chi connectivity index (χ0n) is 16.6. The molecule has 0 saturated heterocycles. The average molecular weight is 467 g/mol. The van der Waals surface area contributed by atoms with Crippen LogP contribution in [0.4, 0.5) is 0 Å². The highest BCUT2D eigenvalue weighted by atomic mass is 79.9. The number of aromatic hydroxyl groups is 1. The predicted octanol–water partition coefficient (Wildman–Crippen LogP) is 2.18. The first-order valence-electron chi connectivity index (χ1n) is 8.44. The Bertz CT molecular complexity index is 982. The molecule has 2 rings (SSSR count). The number of hydrogen-bond donors (Lipinski definition) is 2. The lowest BCUT2D eigenvalue weighted by molar-refractivity contribution is -0.142. The monoisotopic (exact) mass is 466 g/mol. The normalized spacial score (nSPS) is 10.3. The third-order valence-corrected chi connectivity index (χ3v) is 4.85. The number of aromatic nitrogens is 1. The Kier molecular flexibility index (Phi) is 9.30. The van der Waals surface area contributed by atoms with E-state index in [9.17, 15) is 19.5 Å². The first-order chi connectivity index (χ1) is 13.8. The van der Waals surface area contributed by atoms with Gasteiger partial charge in [-0.25, -0.2) is 4.79 Å². The molecule has 8 nitrogen and oxygen atoms in total. The third kappa shape index (κ3) is 6.03. The number of halogens is 1. The van der Waals surface area contributed by atoms with Gasteiger partial charge in [0.2, 0.25) is 0 Å². The highest BCUT2D eigenvalue weighted by Gasteiger charge is 2.20. The molecule has 0 atom stereocenters. The van der Waals surface area contributed by atoms with E-state index in [1.54, 1.807) is 31.2 Å². The summed E-state index contributed by atoms with van der Waals surface area (Å²) in [5.41, 5.74) is 4.73. The maximum absolute atomic E-state index is 12.4. The van der Waals surface area contributed by atoms with Crippen molar-refractivity contribution in [1.29, 1.82) is 0 Å². The molecule has 1 heterocycles. The number of allylic oxidation sites excluding steroid dienone is 1. The van der Waals surface area contributed by atoms with Gasteiger partial charge < -0.3 is 24.9 Å². The summed E-state index contributed by atoms with van der Waals surface area (Å²) in [6, 6.07) is 6.68. The summed E-state index contributed by atoms with van der Waals surface area (Å²) < 4.78 is 11.4. The Morgan fingerprint density at radius 3 is 2.59 bits per heavy atom. The third-order valence-electron chi connectivity index (χ3n) is 3.90. The number of ketones is 1. The average Bonchev–Trinajstić information content (AvgIpc) is 2.75. The lowest BCUT2D eigenvalue weighted by Crippen LogP contribution is -2.25. The Balaban J connectivity index is 0.00000204. The minimum atomic E-state index is -0.630. The second-order valence-corrected chi connectivity index (χ2v) is 6.42. The molecule has 2 aromatic rings. The van der Waals surface area contributed by atoms with Gasteiger partial charge in [-0.2, -0.15) is 0 Å². The van der Waals surface area contributed by atoms with Crippen LogP contribution in [0, 0.1) is 6.92 Å². The molecule has 1 aromatic heterocycles. The van der Waals surface area contributed by atoms with Crippen molar-refractivity contribution in [3.8, 4) is 11.5 Å². The fraction of sp³-hybridized carbons (Fsp3) is 0.250. The second-order valence-electron chi connectivity index (χ2n) is 5.62. The zero-order chi connectivity index (χ0) is 22.1. The number of carbonyl (C=O) groups is 2. The van der Waals surface area contributed by atoms with Crippen molar-refractivity contribution >= 4 is 33.8 Å². The van der Waals surface area contributed by atoms with E-state index in [1.807, 2.05) is 0 Å². The van der Waals surface area contributed by atoms with Crippen molar-refractivity contribution in [3.05, 3.63) is 62.0 Å². The van der Waals surface area contributed by atoms with E-state index in [0.29, 0.717) is 21.5 Å². The maximum Gasteiger partial charge on any atom is 0.343 e. The molecule has 0 aliphatic carbocycles. The van der Waals surface area contributed by atoms with Crippen molar-refractivity contribution in [3.63, 3.8) is 0 Å². The molecule has 0 radical (unpaired) electrons. The molecular weight excluding hydrogens is 444 g/mol. The van der Waals surface area contributed by atoms with Gasteiger partial charge in [0, 0.05) is 12.7 Å². The number of pyridine rings is 1. The quantitative estimate of drug-likeness (QED) is 0.380. The molecule has 156 valence electrons. The van der Waals surface area contributed by atoms with Gasteiger partial charge in [0.15, 0.2) is 12.4 Å². The van der Waals surface area contributed by atoms with Gasteiger partial charge in [-0.3, -0.25) is 9.59 Å². The van der Waals surface area contributed by atoms with Crippen LogP contribution in [0.15, 0.2) is 39.6 Å². The van der Waals surface area contributed by atoms with Crippen LogP contribution >= 0.6 is 15.9 Å². The number of nitrogens with zero attached hydrogens (tertiary/aromatic N) is 1. The number of rotatable bonds is 6. The molecular formula is C20H23BrN2O6. The molecule has 0 aliphatic rings. The number of hydrogen-bond acceptors (Lipinski definition) is 7. The minimum absolute atomic E-state index is 0.232. The number of esters is 1. The van der Waals surface area contributed by atoms with E-state index in [2.05, 4.69) is 26.4 Å². The van der Waals surface area contributed by atoms with E-state index >= 15 is 0 Å². The molecule has 1 aromatic carbocycles. The molecule has 0 amide bonds. The summed E-state index contributed by atoms with van der Waals surface area (Å²) in [5, 5.41) is 10.2. The van der Waals surface area contributed by atoms with Crippen molar-refractivity contribution in [2.45, 2.75) is 6.92 Å². The molecule has 29 heavy (non-hydrogen) atoms. The van der Waals surface area contributed by atoms with Gasteiger partial charge in [-0.1, -0.05) is 18.2 Å². The summed E-state index contributed by atoms with van der Waals surface area (Å²) >= 11 is 3.18. The van der Waals surface area contributed by atoms with E-state index in [1.165, 1.54) is 37.9 Å². The van der Waals surface area contributed by atoms with Crippen LogP contribution in [0.1, 0.15) is 21.6 Å². The van der Waals surface area contributed by atoms with Crippen LogP contribution in [0.25, 0.3) is 6.08 Å². The van der Waals surface area contributed by atoms with Gasteiger partial charge in [0.25, 0.3) is 5.56 Å². The van der Waals surface area contributed by atoms with Crippen molar-refractivity contribution in [2.75, 3.05) is 20.8 Å². The van der Waals surface area contributed by atoms with Crippen LogP contribution in [-0.4, -0.2) is 42.2 Å². The first-order valence-corrected chi connectivity index (χ1v) is 9.23. The molecule has 0 unspecified atom stereocenters. The number of carbonyl (C=O) groups excluding carboxylic acids is 2. The maximum atomic E-state index is 12.4. The van der Waals surface area contributed by atoms with Crippen molar-refractivity contribution in [1.82, 2.24) is 4.57 Å². The Morgan fingerprint density at radius 2 is 1.97 bits per heavy atom. The summed E-state index contributed by atoms with van der Waals surface area (Å²) in [4.78, 5) is 35.9. The van der Waals surface area contributed by atoms with Gasteiger partial charge in [0.1, 0.15) is 17.1 Å². The van der Waals surface area contributed by atoms with E-state index in [4.69, 9.17) is 4.74 Å². The summed E-state index contributed by atoms with van der Waals surface area (Å²) in [5.74, 6) is -1.11. The number of nitrogens with two attached hydrogens (primary N) is 1. The molecule has 0 fully saturated rings. The molecule has 0 saturated carbocycles. The summed E-state index contributed by atoms with van der Waals surface area (Å²) in [6.07, 6.45) is 2.68. The van der Waals surface area contributed by atoms with Gasteiger partial charge in [-0.15, -0.1) is 0 Å². The van der Waals surface area contributed by atoms with Gasteiger partial charge in [0.05, 0.1) is 11.6 Å². The highest BCUT2D eigenvalue weighted by Crippen LogP contribution is 2.29. The van der Waals surface area contributed by atoms with Crippen LogP contribution in [0.5, 0.6) is 11.5 Å². The largest absolute Gasteiger partial charge is 0.506 e. The SMILES string of the molecule is CN.COC(=O)COc1cccc(/C=C/C(=O)c2c(O)c(Br)c(C)n(C)c2=O)c1. The minimum Gasteiger partial charge on any atom is -0.506 e. The Labute approximate surface area is 176 Å². The number of methoxy groups -OCH3 is 1. The fourth-order valence-electron chi connectivity index (χ4n) is 2.24. The molecule has 9 heteroatoms. The van der Waals surface area contributed by atoms with Crippen molar-refractivity contribution in [2.24, 2.45) is 12.8 Å². The van der Waals surface area contributed by atoms with E-state index in [-0.39, 0.29) is 17.9 Å². The van der Waals surface area contributed by atoms with Crippen LogP contribution < -0.4 is 16.0 Å². The van der Waals surface area contributed by atoms with Crippen molar-refractivity contribution < 1.29 is 24.2 Å². The zero-order valence-corrected chi connectivity index (χ0v) is 18.1. The Hall–Kier alpha value is -2.91. The van der Waals surface area contributed by atoms with Crippen LogP contribution in [0.3, 0.4) is 0 Å². The number of benzene rings is 1. The molecule has 0 spiro atoms. The van der Waals surface area contributed by atoms with E-state index < -0.39 is 17.3 Å². The smallest absolute Gasteiger partial charge is 0.343 e. The summed E-state index contributed by atoms with van der Waals surface area (Å²) in [6.45, 7) is 1.42. The van der Waals surface area contributed by atoms with E-state index in [0.717, 1.165) is 0 Å². The second kappa shape index (κ2) is 11.2. The Morgan fingerprint density at radius 1 is 1.31 bits per heavy atom. The fourth-order valence-corrected chi connectivity index (χ4v) is 2.70. The van der Waals surface area contributed by atoms with Gasteiger partial charge in [-0.05, 0) is 53.7 Å². The molecule has 0 aliphatic heterocycles. The molecule has 0 bridgehead atoms. The highest BCUT2D eigenvalue weighted by molar-refractivity contribution is 9.10. The summed E-state index contributed by atoms with van der Waals surface area (Å²) in [7, 11) is 4.28. The first kappa shape index (κ1) is 24.1. The van der Waals surface area contributed by atoms with Crippen LogP contribution in [0.2, 0.25) is 0 Å². The van der Waals surface area contributed by atoms with Gasteiger partial charge >= 0.3 is 5.97 Å². The predicted molar refractivity (Wildman–Crippen MR) is 113 cm³/mol. The van der Waals surface area contributed by atoms with Crippen LogP contribution in [-0.2, 0) is 16.6 Å². The lowest BCUT2D eigenvalue weighted by Gasteiger charge is -2.10.